The van der Waals surface area contributed by atoms with Gasteiger partial charge in [-0.2, -0.15) is 5.10 Å². The molecule has 1 spiro atoms. The second-order valence-electron chi connectivity index (χ2n) is 16.5. The van der Waals surface area contributed by atoms with Crippen LogP contribution in [-0.4, -0.2) is 14.8 Å². The van der Waals surface area contributed by atoms with Crippen LogP contribution in [-0.2, 0) is 12.0 Å². The lowest BCUT2D eigenvalue weighted by Crippen LogP contribution is -2.25. The van der Waals surface area contributed by atoms with E-state index in [1.165, 1.54) is 86.9 Å². The highest BCUT2D eigenvalue weighted by atomic mass is 32.1. The fraction of sp³-hybridized carbons (Fsp3) is 0.0345. The van der Waals surface area contributed by atoms with Gasteiger partial charge in [0.2, 0.25) is 0 Å². The summed E-state index contributed by atoms with van der Waals surface area (Å²) in [5.74, 6) is 1.58. The van der Waals surface area contributed by atoms with Crippen LogP contribution < -0.4 is 0 Å². The molecule has 290 valence electrons. The molecule has 0 bridgehead atoms. The number of hydrogen-bond acceptors (Lipinski definition) is 3. The van der Waals surface area contributed by atoms with Crippen molar-refractivity contribution in [2.24, 2.45) is 0 Å². The highest BCUT2D eigenvalue weighted by Gasteiger charge is 2.51. The van der Waals surface area contributed by atoms with Gasteiger partial charge < -0.3 is 0 Å². The smallest absolute Gasteiger partial charge is 0.182 e. The second kappa shape index (κ2) is 13.7. The summed E-state index contributed by atoms with van der Waals surface area (Å²) in [6, 6.07) is 77.5. The van der Waals surface area contributed by atoms with E-state index < -0.39 is 0 Å². The first-order chi connectivity index (χ1) is 30.7. The Morgan fingerprint density at radius 2 is 1.00 bits per heavy atom. The summed E-state index contributed by atoms with van der Waals surface area (Å²) in [6.07, 6.45) is 0. The lowest BCUT2D eigenvalue weighted by Gasteiger charge is -2.30. The van der Waals surface area contributed by atoms with Gasteiger partial charge in [0.1, 0.15) is 0 Å². The molecular weight excluding hydrogens is 771 g/mol. The summed E-state index contributed by atoms with van der Waals surface area (Å²) in [5, 5.41) is 7.79. The zero-order valence-electron chi connectivity index (χ0n) is 33.7. The molecule has 13 rings (SSSR count). The van der Waals surface area contributed by atoms with Gasteiger partial charge in [-0.3, -0.25) is 0 Å². The molecule has 2 aliphatic carbocycles. The van der Waals surface area contributed by atoms with Crippen LogP contribution in [0.4, 0.5) is 0 Å². The lowest BCUT2D eigenvalue weighted by molar-refractivity contribution is 0.695. The van der Waals surface area contributed by atoms with E-state index in [0.717, 1.165) is 28.3 Å². The Bertz CT molecular complexity index is 3510. The van der Waals surface area contributed by atoms with Crippen molar-refractivity contribution < 1.29 is 0 Å². The minimum Gasteiger partial charge on any atom is -0.241 e. The molecule has 0 N–H and O–H groups in total. The Morgan fingerprint density at radius 1 is 0.419 bits per heavy atom. The number of rotatable bonds is 6. The topological polar surface area (TPSA) is 30.7 Å². The van der Waals surface area contributed by atoms with Gasteiger partial charge in [-0.15, -0.1) is 11.3 Å². The van der Waals surface area contributed by atoms with E-state index >= 15 is 0 Å². The third kappa shape index (κ3) is 5.11. The first-order valence-electron chi connectivity index (χ1n) is 21.3. The van der Waals surface area contributed by atoms with Gasteiger partial charge >= 0.3 is 0 Å². The van der Waals surface area contributed by atoms with Crippen LogP contribution in [0.1, 0.15) is 27.8 Å². The molecule has 0 amide bonds. The highest BCUT2D eigenvalue weighted by molar-refractivity contribution is 7.26. The molecule has 0 aliphatic heterocycles. The predicted molar refractivity (Wildman–Crippen MR) is 256 cm³/mol. The molecule has 3 nitrogen and oxygen atoms in total. The maximum Gasteiger partial charge on any atom is 0.182 e. The average Bonchev–Trinajstić information content (AvgIpc) is 4.09. The van der Waals surface area contributed by atoms with Crippen LogP contribution in [0.25, 0.3) is 87.5 Å². The predicted octanol–water partition coefficient (Wildman–Crippen LogP) is 14.7. The monoisotopic (exact) mass is 807 g/mol. The minimum absolute atomic E-state index is 0.381. The van der Waals surface area contributed by atoms with Crippen molar-refractivity contribution in [3.63, 3.8) is 0 Å². The molecule has 11 aromatic rings. The average molecular weight is 808 g/mol. The third-order valence-electron chi connectivity index (χ3n) is 13.1. The number of thiophene rings is 1. The molecule has 2 aliphatic rings. The van der Waals surface area contributed by atoms with E-state index in [2.05, 4.69) is 217 Å². The van der Waals surface area contributed by atoms with Crippen LogP contribution in [0, 0.1) is 0 Å². The number of hydrogen-bond donors (Lipinski definition) is 0. The molecule has 0 atom stereocenters. The molecule has 0 unspecified atom stereocenters. The van der Waals surface area contributed by atoms with Gasteiger partial charge in [0.05, 0.1) is 12.0 Å². The second-order valence-corrected chi connectivity index (χ2v) is 17.5. The molecule has 62 heavy (non-hydrogen) atoms. The largest absolute Gasteiger partial charge is 0.241 e. The zero-order chi connectivity index (χ0) is 40.8. The fourth-order valence-electron chi connectivity index (χ4n) is 10.6. The molecule has 0 saturated carbocycles. The summed E-state index contributed by atoms with van der Waals surface area (Å²) in [4.78, 5) is 5.35. The number of fused-ring (bicyclic) bond motifs is 13. The normalized spacial score (nSPS) is 13.0. The van der Waals surface area contributed by atoms with Gasteiger partial charge in [-0.25, -0.2) is 9.67 Å². The van der Waals surface area contributed by atoms with Crippen molar-refractivity contribution in [1.29, 1.82) is 0 Å². The Morgan fingerprint density at radius 3 is 1.76 bits per heavy atom. The third-order valence-corrected chi connectivity index (χ3v) is 14.3. The maximum atomic E-state index is 5.36. The van der Waals surface area contributed by atoms with Crippen molar-refractivity contribution in [1.82, 2.24) is 14.8 Å². The van der Waals surface area contributed by atoms with Gasteiger partial charge in [0.25, 0.3) is 0 Å². The van der Waals surface area contributed by atoms with Crippen LogP contribution >= 0.6 is 11.3 Å². The van der Waals surface area contributed by atoms with Crippen molar-refractivity contribution in [2.75, 3.05) is 0 Å². The summed E-state index contributed by atoms with van der Waals surface area (Å²) in [6.45, 7) is 0.569. The SMILES string of the molecule is c1ccc(-c2ccc3sc4cccc(-c5nc(-c6ccccc6)n(Cc6cccc(-c7cccc8c7-c7ccccc7C87c8ccccc8-c8ccccc87)c6)n5)c4c3c2)cc1. The first kappa shape index (κ1) is 35.1. The molecule has 9 aromatic carbocycles. The van der Waals surface area contributed by atoms with E-state index in [-0.39, 0.29) is 5.41 Å². The van der Waals surface area contributed by atoms with Crippen LogP contribution in [0.2, 0.25) is 0 Å². The Balaban J connectivity index is 0.943. The number of benzene rings is 9. The fourth-order valence-corrected chi connectivity index (χ4v) is 11.7. The zero-order valence-corrected chi connectivity index (χ0v) is 34.5. The first-order valence-corrected chi connectivity index (χ1v) is 22.1. The molecule has 0 saturated heterocycles. The maximum absolute atomic E-state index is 5.36. The minimum atomic E-state index is -0.381. The summed E-state index contributed by atoms with van der Waals surface area (Å²) in [5.41, 5.74) is 18.4. The van der Waals surface area contributed by atoms with Crippen LogP contribution in [0.3, 0.4) is 0 Å². The quantitative estimate of drug-likeness (QED) is 0.168. The molecule has 0 radical (unpaired) electrons. The van der Waals surface area contributed by atoms with E-state index in [1.54, 1.807) is 0 Å². The van der Waals surface area contributed by atoms with Gasteiger partial charge in [0.15, 0.2) is 11.6 Å². The number of nitrogens with zero attached hydrogens (tertiary/aromatic N) is 3. The van der Waals surface area contributed by atoms with E-state index in [4.69, 9.17) is 10.1 Å². The van der Waals surface area contributed by atoms with Crippen LogP contribution in [0.15, 0.2) is 212 Å². The van der Waals surface area contributed by atoms with E-state index in [9.17, 15) is 0 Å². The summed E-state index contributed by atoms with van der Waals surface area (Å²) in [7, 11) is 0. The standard InChI is InChI=1S/C58H37N3S/c1-3-17-38(18-4-1)40-32-33-52-47(35-40)55-46(26-15-31-53(55)62-52)56-59-57(39-19-5-2-6-20-39)61(60-56)36-37-16-13-21-41(34-37)42-25-14-30-51-54(42)45-24-9-12-29-50(45)58(51)48-27-10-7-22-43(48)44-23-8-11-28-49(44)58/h1-35H,36H2. The van der Waals surface area contributed by atoms with Crippen molar-refractivity contribution in [2.45, 2.75) is 12.0 Å². The van der Waals surface area contributed by atoms with Crippen molar-refractivity contribution in [3.8, 4) is 67.3 Å². The molecule has 4 heteroatoms. The Hall–Kier alpha value is -7.66. The van der Waals surface area contributed by atoms with Gasteiger partial charge in [0, 0.05) is 31.3 Å². The molecular formula is C58H37N3S. The highest BCUT2D eigenvalue weighted by Crippen LogP contribution is 2.64. The summed E-state index contributed by atoms with van der Waals surface area (Å²) >= 11 is 1.83. The summed E-state index contributed by atoms with van der Waals surface area (Å²) < 4.78 is 4.59. The Kier molecular flexibility index (Phi) is 7.75. The van der Waals surface area contributed by atoms with Crippen molar-refractivity contribution in [3.05, 3.63) is 240 Å². The molecule has 2 heterocycles. The molecule has 0 fully saturated rings. The van der Waals surface area contributed by atoms with E-state index in [0.29, 0.717) is 6.54 Å². The van der Waals surface area contributed by atoms with Gasteiger partial charge in [-0.1, -0.05) is 188 Å². The van der Waals surface area contributed by atoms with E-state index in [1.807, 2.05) is 11.3 Å². The Labute approximate surface area is 363 Å². The lowest BCUT2D eigenvalue weighted by atomic mass is 9.70. The van der Waals surface area contributed by atoms with Crippen LogP contribution in [0.5, 0.6) is 0 Å². The van der Waals surface area contributed by atoms with Crippen molar-refractivity contribution >= 4 is 31.5 Å². The molecule has 2 aromatic heterocycles. The number of aromatic nitrogens is 3. The van der Waals surface area contributed by atoms with Gasteiger partial charge in [-0.05, 0) is 96.6 Å².